The molecule has 1 aromatic heterocycles. The second-order valence-corrected chi connectivity index (χ2v) is 4.87. The van der Waals surface area contributed by atoms with Crippen molar-refractivity contribution < 1.29 is 4.79 Å². The molecule has 0 aliphatic heterocycles. The summed E-state index contributed by atoms with van der Waals surface area (Å²) in [4.78, 5) is 32.3. The van der Waals surface area contributed by atoms with Crippen molar-refractivity contribution in [2.24, 2.45) is 0 Å². The van der Waals surface area contributed by atoms with Gasteiger partial charge >= 0.3 is 0 Å². The average Bonchev–Trinajstić information content (AvgIpc) is 2.45. The summed E-state index contributed by atoms with van der Waals surface area (Å²) in [5.41, 5.74) is 6.44. The van der Waals surface area contributed by atoms with Gasteiger partial charge in [-0.25, -0.2) is 4.98 Å². The minimum Gasteiger partial charge on any atom is -0.399 e. The second-order valence-electron chi connectivity index (χ2n) is 4.87. The van der Waals surface area contributed by atoms with Crippen molar-refractivity contribution in [3.05, 3.63) is 28.6 Å². The van der Waals surface area contributed by atoms with E-state index in [9.17, 15) is 9.59 Å². The number of nitrogens with two attached hydrogens (primary N) is 1. The Morgan fingerprint density at radius 1 is 1.48 bits per heavy atom. The largest absolute Gasteiger partial charge is 0.399 e. The van der Waals surface area contributed by atoms with E-state index in [1.54, 1.807) is 30.1 Å². The van der Waals surface area contributed by atoms with E-state index in [4.69, 9.17) is 5.73 Å². The average molecular weight is 289 g/mol. The van der Waals surface area contributed by atoms with Crippen LogP contribution in [-0.4, -0.2) is 36.0 Å². The van der Waals surface area contributed by atoms with Crippen LogP contribution in [0.25, 0.3) is 10.9 Å². The van der Waals surface area contributed by atoms with Gasteiger partial charge in [-0.3, -0.25) is 14.6 Å². The number of carbonyl (C=O) groups is 1. The number of benzene rings is 1. The lowest BCUT2D eigenvalue weighted by Gasteiger charge is -2.17. The molecule has 2 rings (SSSR count). The van der Waals surface area contributed by atoms with Gasteiger partial charge in [0, 0.05) is 19.3 Å². The Kier molecular flexibility index (Phi) is 4.42. The predicted molar refractivity (Wildman–Crippen MR) is 83.3 cm³/mol. The molecule has 7 nitrogen and oxygen atoms in total. The lowest BCUT2D eigenvalue weighted by molar-refractivity contribution is -0.119. The Bertz CT molecular complexity index is 710. The second kappa shape index (κ2) is 6.25. The fraction of sp³-hybridized carbons (Fsp3) is 0.357. The predicted octanol–water partition coefficient (Wildman–Crippen LogP) is 0.468. The number of aromatic nitrogens is 2. The van der Waals surface area contributed by atoms with Gasteiger partial charge in [-0.1, -0.05) is 6.92 Å². The molecule has 0 saturated carbocycles. The number of H-pyrrole nitrogens is 1. The molecule has 1 heterocycles. The number of fused-ring (bicyclic) bond motifs is 1. The van der Waals surface area contributed by atoms with Gasteiger partial charge < -0.3 is 16.0 Å². The van der Waals surface area contributed by atoms with E-state index in [1.165, 1.54) is 0 Å². The van der Waals surface area contributed by atoms with Crippen molar-refractivity contribution >= 4 is 28.4 Å². The zero-order chi connectivity index (χ0) is 15.4. The quantitative estimate of drug-likeness (QED) is 0.694. The molecular weight excluding hydrogens is 270 g/mol. The van der Waals surface area contributed by atoms with E-state index in [0.717, 1.165) is 6.42 Å². The van der Waals surface area contributed by atoms with Crippen LogP contribution in [0, 0.1) is 0 Å². The summed E-state index contributed by atoms with van der Waals surface area (Å²) in [6.07, 6.45) is 0.877. The molecule has 0 unspecified atom stereocenters. The Labute approximate surface area is 122 Å². The van der Waals surface area contributed by atoms with E-state index < -0.39 is 0 Å². The number of nitrogen functional groups attached to an aromatic ring is 1. The Morgan fingerprint density at radius 3 is 2.95 bits per heavy atom. The zero-order valence-corrected chi connectivity index (χ0v) is 12.1. The third-order valence-corrected chi connectivity index (χ3v) is 3.03. The fourth-order valence-electron chi connectivity index (χ4n) is 1.94. The molecule has 0 atom stereocenters. The summed E-state index contributed by atoms with van der Waals surface area (Å²) in [5, 5.41) is 3.21. The van der Waals surface area contributed by atoms with E-state index >= 15 is 0 Å². The smallest absolute Gasteiger partial charge is 0.260 e. The molecule has 0 radical (unpaired) electrons. The van der Waals surface area contributed by atoms with Gasteiger partial charge in [0.15, 0.2) is 0 Å². The third-order valence-electron chi connectivity index (χ3n) is 3.03. The molecule has 0 fully saturated rings. The molecule has 0 bridgehead atoms. The maximum absolute atomic E-state index is 12.0. The minimum atomic E-state index is -0.275. The highest BCUT2D eigenvalue weighted by Gasteiger charge is 2.11. The minimum absolute atomic E-state index is 0.112. The Hall–Kier alpha value is -2.57. The van der Waals surface area contributed by atoms with Crippen molar-refractivity contribution in [2.75, 3.05) is 30.8 Å². The van der Waals surface area contributed by atoms with E-state index in [0.29, 0.717) is 29.1 Å². The van der Waals surface area contributed by atoms with E-state index in [2.05, 4.69) is 15.3 Å². The van der Waals surface area contributed by atoms with Crippen molar-refractivity contribution in [1.82, 2.24) is 15.3 Å². The van der Waals surface area contributed by atoms with Crippen molar-refractivity contribution in [3.8, 4) is 0 Å². The zero-order valence-electron chi connectivity index (χ0n) is 12.1. The summed E-state index contributed by atoms with van der Waals surface area (Å²) in [6.45, 7) is 2.75. The first-order valence-electron chi connectivity index (χ1n) is 6.78. The normalized spacial score (nSPS) is 10.6. The van der Waals surface area contributed by atoms with Gasteiger partial charge in [0.2, 0.25) is 11.9 Å². The molecule has 0 aliphatic rings. The number of nitrogens with zero attached hydrogens (tertiary/aromatic N) is 2. The first kappa shape index (κ1) is 14.8. The van der Waals surface area contributed by atoms with Gasteiger partial charge in [0.1, 0.15) is 0 Å². The number of rotatable bonds is 5. The van der Waals surface area contributed by atoms with Crippen molar-refractivity contribution in [3.63, 3.8) is 0 Å². The number of amides is 1. The topological polar surface area (TPSA) is 104 Å². The molecule has 0 saturated heterocycles. The van der Waals surface area contributed by atoms with Crippen LogP contribution in [0.4, 0.5) is 11.6 Å². The number of anilines is 2. The lowest BCUT2D eigenvalue weighted by Crippen LogP contribution is -2.36. The van der Waals surface area contributed by atoms with Gasteiger partial charge in [-0.2, -0.15) is 0 Å². The monoisotopic (exact) mass is 289 g/mol. The first-order chi connectivity index (χ1) is 10.0. The van der Waals surface area contributed by atoms with Crippen molar-refractivity contribution in [1.29, 1.82) is 0 Å². The highest BCUT2D eigenvalue weighted by atomic mass is 16.2. The van der Waals surface area contributed by atoms with E-state index in [-0.39, 0.29) is 18.0 Å². The molecular formula is C14H19N5O2. The molecule has 21 heavy (non-hydrogen) atoms. The number of hydrogen-bond donors (Lipinski definition) is 3. The highest BCUT2D eigenvalue weighted by molar-refractivity contribution is 5.83. The van der Waals surface area contributed by atoms with E-state index in [1.807, 2.05) is 6.92 Å². The fourth-order valence-corrected chi connectivity index (χ4v) is 1.94. The van der Waals surface area contributed by atoms with Crippen LogP contribution in [-0.2, 0) is 4.79 Å². The molecule has 4 N–H and O–H groups in total. The standard InChI is InChI=1S/C14H19N5O2/c1-3-6-16-12(20)8-19(2)14-17-11-5-4-9(15)7-10(11)13(21)18-14/h4-5,7H,3,6,8,15H2,1-2H3,(H,16,20)(H,17,18,21). The van der Waals surface area contributed by atoms with Crippen molar-refractivity contribution in [2.45, 2.75) is 13.3 Å². The SMILES string of the molecule is CCCNC(=O)CN(C)c1nc2ccc(N)cc2c(=O)[nH]1. The molecule has 1 amide bonds. The number of hydrogen-bond acceptors (Lipinski definition) is 5. The number of aromatic amines is 1. The number of carbonyl (C=O) groups excluding carboxylic acids is 1. The summed E-state index contributed by atoms with van der Waals surface area (Å²) in [5.74, 6) is 0.239. The lowest BCUT2D eigenvalue weighted by atomic mass is 10.2. The maximum Gasteiger partial charge on any atom is 0.260 e. The highest BCUT2D eigenvalue weighted by Crippen LogP contribution is 2.14. The summed E-state index contributed by atoms with van der Waals surface area (Å²) < 4.78 is 0. The third kappa shape index (κ3) is 3.50. The van der Waals surface area contributed by atoms with Crippen LogP contribution in [0.1, 0.15) is 13.3 Å². The Balaban J connectivity index is 2.24. The molecule has 1 aromatic carbocycles. The van der Waals surface area contributed by atoms with Gasteiger partial charge in [0.05, 0.1) is 17.4 Å². The van der Waals surface area contributed by atoms with Crippen LogP contribution < -0.4 is 21.5 Å². The molecule has 7 heteroatoms. The van der Waals surface area contributed by atoms with Crippen LogP contribution >= 0.6 is 0 Å². The maximum atomic E-state index is 12.0. The van der Waals surface area contributed by atoms with Crippen LogP contribution in [0.3, 0.4) is 0 Å². The van der Waals surface area contributed by atoms with Gasteiger partial charge in [0.25, 0.3) is 5.56 Å². The molecule has 0 spiro atoms. The van der Waals surface area contributed by atoms with Crippen LogP contribution in [0.5, 0.6) is 0 Å². The van der Waals surface area contributed by atoms with Gasteiger partial charge in [-0.05, 0) is 24.6 Å². The van der Waals surface area contributed by atoms with Crippen LogP contribution in [0.2, 0.25) is 0 Å². The Morgan fingerprint density at radius 2 is 2.24 bits per heavy atom. The number of nitrogens with one attached hydrogen (secondary N) is 2. The molecule has 112 valence electrons. The number of likely N-dealkylation sites (N-methyl/N-ethyl adjacent to an activating group) is 1. The molecule has 0 aliphatic carbocycles. The first-order valence-corrected chi connectivity index (χ1v) is 6.78. The summed E-state index contributed by atoms with van der Waals surface area (Å²) in [7, 11) is 1.70. The van der Waals surface area contributed by atoms with Gasteiger partial charge in [-0.15, -0.1) is 0 Å². The molecule has 2 aromatic rings. The summed E-state index contributed by atoms with van der Waals surface area (Å²) in [6, 6.07) is 4.96. The summed E-state index contributed by atoms with van der Waals surface area (Å²) >= 11 is 0. The van der Waals surface area contributed by atoms with Crippen LogP contribution in [0.15, 0.2) is 23.0 Å².